The standard InChI is InChI=1S/C29H26N6OS/c36-29(17-6-3-7-17)31-20-8-2-1-5-18(13-20)24-14-22-25(15-30-24)34-35-27(22)28-32-23-10-4-9-21(26(23)33-28)19-11-12-37-16-19/h4-5,9-17H,1-3,6-8H2,(H,31,36)(H,32,33)(H,34,35). The molecule has 2 aliphatic rings. The van der Waals surface area contributed by atoms with Crippen LogP contribution in [0.3, 0.4) is 0 Å². The first kappa shape index (κ1) is 22.2. The van der Waals surface area contributed by atoms with Gasteiger partial charge in [-0.05, 0) is 78.3 Å². The molecule has 3 N–H and O–H groups in total. The average molecular weight is 507 g/mol. The first-order chi connectivity index (χ1) is 18.2. The predicted molar refractivity (Wildman–Crippen MR) is 148 cm³/mol. The Bertz CT molecular complexity index is 1690. The molecule has 4 aromatic heterocycles. The largest absolute Gasteiger partial charge is 0.337 e. The number of thiophene rings is 1. The summed E-state index contributed by atoms with van der Waals surface area (Å²) < 4.78 is 0. The molecule has 37 heavy (non-hydrogen) atoms. The number of hydrogen-bond donors (Lipinski definition) is 3. The summed E-state index contributed by atoms with van der Waals surface area (Å²) in [5.74, 6) is 1.05. The van der Waals surface area contributed by atoms with Gasteiger partial charge in [-0.15, -0.1) is 0 Å². The molecule has 1 aromatic carbocycles. The zero-order valence-corrected chi connectivity index (χ0v) is 21.1. The highest BCUT2D eigenvalue weighted by molar-refractivity contribution is 7.08. The highest BCUT2D eigenvalue weighted by Gasteiger charge is 2.26. The van der Waals surface area contributed by atoms with E-state index < -0.39 is 0 Å². The summed E-state index contributed by atoms with van der Waals surface area (Å²) >= 11 is 1.68. The Labute approximate surface area is 217 Å². The average Bonchev–Trinajstić information content (AvgIpc) is 3.60. The molecule has 7 rings (SSSR count). The number of amides is 1. The van der Waals surface area contributed by atoms with Gasteiger partial charge in [0.2, 0.25) is 5.91 Å². The van der Waals surface area contributed by atoms with Crippen molar-refractivity contribution in [3.05, 3.63) is 70.8 Å². The van der Waals surface area contributed by atoms with E-state index in [1.165, 1.54) is 5.56 Å². The first-order valence-electron chi connectivity index (χ1n) is 12.8. The van der Waals surface area contributed by atoms with Crippen LogP contribution >= 0.6 is 11.3 Å². The number of imidazole rings is 1. The third kappa shape index (κ3) is 4.07. The van der Waals surface area contributed by atoms with Crippen molar-refractivity contribution in [2.24, 2.45) is 5.92 Å². The summed E-state index contributed by atoms with van der Waals surface area (Å²) in [5.41, 5.74) is 8.67. The highest BCUT2D eigenvalue weighted by Crippen LogP contribution is 2.33. The van der Waals surface area contributed by atoms with E-state index >= 15 is 0 Å². The summed E-state index contributed by atoms with van der Waals surface area (Å²) in [7, 11) is 0. The summed E-state index contributed by atoms with van der Waals surface area (Å²) in [6, 6.07) is 10.4. The van der Waals surface area contributed by atoms with Gasteiger partial charge >= 0.3 is 0 Å². The number of rotatable bonds is 5. The van der Waals surface area contributed by atoms with Crippen molar-refractivity contribution < 1.29 is 4.79 Å². The topological polar surface area (TPSA) is 99.4 Å². The minimum absolute atomic E-state index is 0.158. The number of aromatic amines is 2. The van der Waals surface area contributed by atoms with Crippen LogP contribution in [0.15, 0.2) is 65.1 Å². The van der Waals surface area contributed by atoms with E-state index in [4.69, 9.17) is 9.97 Å². The van der Waals surface area contributed by atoms with E-state index in [-0.39, 0.29) is 11.8 Å². The number of aromatic nitrogens is 5. The predicted octanol–water partition coefficient (Wildman–Crippen LogP) is 6.60. The SMILES string of the molecule is O=C(NC1=CC(c2cc3c(-c4nc5c(-c6ccsc6)cccc5[nH]4)n[nH]c3cn2)=CCCC1)C1CCC1. The van der Waals surface area contributed by atoms with E-state index in [0.29, 0.717) is 0 Å². The molecule has 0 bridgehead atoms. The molecule has 1 amide bonds. The van der Waals surface area contributed by atoms with Crippen LogP contribution in [0.1, 0.15) is 44.2 Å². The van der Waals surface area contributed by atoms with E-state index in [0.717, 1.165) is 94.5 Å². The van der Waals surface area contributed by atoms with Crippen molar-refractivity contribution >= 4 is 44.8 Å². The van der Waals surface area contributed by atoms with Crippen molar-refractivity contribution in [3.63, 3.8) is 0 Å². The van der Waals surface area contributed by atoms with E-state index in [9.17, 15) is 4.79 Å². The number of pyridine rings is 1. The third-order valence-electron chi connectivity index (χ3n) is 7.42. The maximum atomic E-state index is 12.6. The Morgan fingerprint density at radius 1 is 1.14 bits per heavy atom. The molecule has 1 saturated carbocycles. The fourth-order valence-electron chi connectivity index (χ4n) is 5.13. The molecule has 0 atom stereocenters. The van der Waals surface area contributed by atoms with Crippen molar-refractivity contribution in [1.82, 2.24) is 30.5 Å². The van der Waals surface area contributed by atoms with Gasteiger partial charge in [0.05, 0.1) is 28.4 Å². The molecule has 1 fully saturated rings. The lowest BCUT2D eigenvalue weighted by Crippen LogP contribution is -2.33. The van der Waals surface area contributed by atoms with E-state index in [1.807, 2.05) is 18.3 Å². The van der Waals surface area contributed by atoms with Crippen LogP contribution < -0.4 is 5.32 Å². The second-order valence-electron chi connectivity index (χ2n) is 9.82. The molecule has 7 nitrogen and oxygen atoms in total. The Balaban J connectivity index is 1.25. The smallest absolute Gasteiger partial charge is 0.227 e. The number of nitrogens with zero attached hydrogens (tertiary/aromatic N) is 3. The fourth-order valence-corrected chi connectivity index (χ4v) is 5.78. The molecule has 0 spiro atoms. The van der Waals surface area contributed by atoms with Crippen LogP contribution in [0.25, 0.3) is 50.2 Å². The number of nitrogens with one attached hydrogen (secondary N) is 3. The molecular formula is C29H26N6OS. The van der Waals surface area contributed by atoms with Gasteiger partial charge in [-0.2, -0.15) is 16.4 Å². The van der Waals surface area contributed by atoms with Gasteiger partial charge in [0, 0.05) is 22.6 Å². The van der Waals surface area contributed by atoms with Gasteiger partial charge < -0.3 is 10.3 Å². The number of hydrogen-bond acceptors (Lipinski definition) is 5. The summed E-state index contributed by atoms with van der Waals surface area (Å²) in [4.78, 5) is 25.7. The van der Waals surface area contributed by atoms with Crippen LogP contribution in [0.2, 0.25) is 0 Å². The molecule has 0 saturated heterocycles. The lowest BCUT2D eigenvalue weighted by molar-refractivity contribution is -0.126. The Morgan fingerprint density at radius 2 is 2.08 bits per heavy atom. The van der Waals surface area contributed by atoms with Crippen LogP contribution in [0.4, 0.5) is 0 Å². The second kappa shape index (κ2) is 9.12. The maximum absolute atomic E-state index is 12.6. The van der Waals surface area contributed by atoms with Crippen LogP contribution in [-0.2, 0) is 4.79 Å². The molecule has 8 heteroatoms. The van der Waals surface area contributed by atoms with Crippen molar-refractivity contribution in [2.45, 2.75) is 38.5 Å². The second-order valence-corrected chi connectivity index (χ2v) is 10.6. The Morgan fingerprint density at radius 3 is 2.92 bits per heavy atom. The monoisotopic (exact) mass is 506 g/mol. The lowest BCUT2D eigenvalue weighted by atomic mass is 9.85. The minimum Gasteiger partial charge on any atom is -0.337 e. The molecule has 0 aliphatic heterocycles. The number of carbonyl (C=O) groups excluding carboxylic acids is 1. The van der Waals surface area contributed by atoms with Gasteiger partial charge in [0.1, 0.15) is 5.69 Å². The maximum Gasteiger partial charge on any atom is 0.227 e. The van der Waals surface area contributed by atoms with E-state index in [1.54, 1.807) is 11.3 Å². The van der Waals surface area contributed by atoms with Gasteiger partial charge in [-0.25, -0.2) is 4.98 Å². The molecule has 4 heterocycles. The number of carbonyl (C=O) groups is 1. The number of para-hydroxylation sites is 1. The van der Waals surface area contributed by atoms with Crippen molar-refractivity contribution in [3.8, 4) is 22.6 Å². The number of allylic oxidation sites excluding steroid dienone is 4. The van der Waals surface area contributed by atoms with Gasteiger partial charge in [0.25, 0.3) is 0 Å². The molecule has 0 radical (unpaired) electrons. The number of H-pyrrole nitrogens is 2. The first-order valence-corrected chi connectivity index (χ1v) is 13.7. The Kier molecular flexibility index (Phi) is 5.47. The summed E-state index contributed by atoms with van der Waals surface area (Å²) in [5, 5.41) is 16.1. The van der Waals surface area contributed by atoms with Crippen LogP contribution in [0.5, 0.6) is 0 Å². The zero-order valence-electron chi connectivity index (χ0n) is 20.3. The molecule has 0 unspecified atom stereocenters. The highest BCUT2D eigenvalue weighted by atomic mass is 32.1. The van der Waals surface area contributed by atoms with Gasteiger partial charge in [-0.1, -0.05) is 24.6 Å². The number of benzene rings is 1. The van der Waals surface area contributed by atoms with Crippen LogP contribution in [-0.4, -0.2) is 31.1 Å². The van der Waals surface area contributed by atoms with Crippen molar-refractivity contribution in [1.29, 1.82) is 0 Å². The molecule has 184 valence electrons. The van der Waals surface area contributed by atoms with E-state index in [2.05, 4.69) is 61.6 Å². The lowest BCUT2D eigenvalue weighted by Gasteiger charge is -2.24. The van der Waals surface area contributed by atoms with Crippen LogP contribution in [0, 0.1) is 5.92 Å². The molecular weight excluding hydrogens is 480 g/mol. The summed E-state index contributed by atoms with van der Waals surface area (Å²) in [6.45, 7) is 0. The third-order valence-corrected chi connectivity index (χ3v) is 8.10. The minimum atomic E-state index is 0.158. The summed E-state index contributed by atoms with van der Waals surface area (Å²) in [6.07, 6.45) is 12.1. The normalized spacial score (nSPS) is 16.3. The Hall–Kier alpha value is -4.04. The fraction of sp³-hybridized carbons (Fsp3) is 0.241. The zero-order chi connectivity index (χ0) is 24.8. The molecule has 5 aromatic rings. The van der Waals surface area contributed by atoms with Gasteiger partial charge in [-0.3, -0.25) is 14.9 Å². The quantitative estimate of drug-likeness (QED) is 0.250. The molecule has 2 aliphatic carbocycles. The van der Waals surface area contributed by atoms with Gasteiger partial charge in [0.15, 0.2) is 5.82 Å². The number of fused-ring (bicyclic) bond motifs is 2. The van der Waals surface area contributed by atoms with Crippen molar-refractivity contribution in [2.75, 3.05) is 0 Å².